The van der Waals surface area contributed by atoms with Crippen molar-refractivity contribution in [1.29, 1.82) is 0 Å². The average molecular weight is 498 g/mol. The lowest BCUT2D eigenvalue weighted by atomic mass is 10.0. The molecule has 3 heterocycles. The molecule has 0 aromatic heterocycles. The highest BCUT2D eigenvalue weighted by Gasteiger charge is 2.32. The van der Waals surface area contributed by atoms with Crippen molar-refractivity contribution in [2.75, 3.05) is 38.6 Å². The summed E-state index contributed by atoms with van der Waals surface area (Å²) in [4.78, 5) is 32.7. The van der Waals surface area contributed by atoms with E-state index in [-0.39, 0.29) is 11.9 Å². The Kier molecular flexibility index (Phi) is 7.34. The molecule has 2 unspecified atom stereocenters. The molecule has 0 radical (unpaired) electrons. The third-order valence-corrected chi connectivity index (χ3v) is 7.47. The van der Waals surface area contributed by atoms with Gasteiger partial charge in [-0.05, 0) is 74.3 Å². The van der Waals surface area contributed by atoms with E-state index in [1.165, 1.54) is 23.9 Å². The lowest BCUT2D eigenvalue weighted by molar-refractivity contribution is -0.138. The number of benzene rings is 2. The highest BCUT2D eigenvalue weighted by molar-refractivity contribution is 8.14. The molecule has 2 aromatic rings. The summed E-state index contributed by atoms with van der Waals surface area (Å²) in [6.07, 6.45) is 2.86. The predicted octanol–water partition coefficient (Wildman–Crippen LogP) is 2.85. The Labute approximate surface area is 208 Å². The van der Waals surface area contributed by atoms with E-state index >= 15 is 0 Å². The molecule has 35 heavy (non-hydrogen) atoms. The van der Waals surface area contributed by atoms with E-state index in [0.717, 1.165) is 42.8 Å². The molecule has 0 saturated carbocycles. The van der Waals surface area contributed by atoms with Crippen LogP contribution in [0.3, 0.4) is 0 Å². The Hall–Kier alpha value is -2.91. The van der Waals surface area contributed by atoms with Crippen LogP contribution in [0.15, 0.2) is 47.5 Å². The van der Waals surface area contributed by atoms with Gasteiger partial charge in [0.15, 0.2) is 11.5 Å². The van der Waals surface area contributed by atoms with Gasteiger partial charge in [0.2, 0.25) is 5.78 Å². The van der Waals surface area contributed by atoms with Crippen LogP contribution in [0.5, 0.6) is 11.5 Å². The predicted molar refractivity (Wildman–Crippen MR) is 133 cm³/mol. The SMILES string of the molecule is O=C(NC(Cc1ccc2c(c1)OCCO2)CN1CCCC1)C(=O)C1CSC(c2ccc(F)cc2)=N1. The number of thioether (sulfide) groups is 1. The third kappa shape index (κ3) is 5.85. The Morgan fingerprint density at radius 3 is 2.60 bits per heavy atom. The van der Waals surface area contributed by atoms with Gasteiger partial charge in [0.05, 0.1) is 5.04 Å². The number of likely N-dealkylation sites (tertiary alicyclic amines) is 1. The minimum absolute atomic E-state index is 0.221. The number of nitrogens with one attached hydrogen (secondary N) is 1. The number of carbonyl (C=O) groups excluding carboxylic acids is 2. The fourth-order valence-electron chi connectivity index (χ4n) is 4.60. The molecular formula is C26H28FN3O4S. The van der Waals surface area contributed by atoms with E-state index in [1.807, 2.05) is 18.2 Å². The van der Waals surface area contributed by atoms with Crippen LogP contribution in [0.25, 0.3) is 0 Å². The van der Waals surface area contributed by atoms with Gasteiger partial charge in [-0.3, -0.25) is 14.6 Å². The van der Waals surface area contributed by atoms with Gasteiger partial charge in [-0.2, -0.15) is 0 Å². The van der Waals surface area contributed by atoms with Crippen molar-refractivity contribution in [3.8, 4) is 11.5 Å². The highest BCUT2D eigenvalue weighted by atomic mass is 32.2. The Morgan fingerprint density at radius 1 is 1.09 bits per heavy atom. The number of ketones is 1. The number of halogens is 1. The largest absolute Gasteiger partial charge is 0.486 e. The number of Topliss-reactive ketones (excluding diaryl/α,β-unsaturated/α-hetero) is 1. The van der Waals surface area contributed by atoms with Crippen LogP contribution in [0.1, 0.15) is 24.0 Å². The van der Waals surface area contributed by atoms with E-state index in [1.54, 1.807) is 12.1 Å². The number of hydrogen-bond donors (Lipinski definition) is 1. The van der Waals surface area contributed by atoms with Gasteiger partial charge in [-0.1, -0.05) is 6.07 Å². The van der Waals surface area contributed by atoms with Crippen LogP contribution in [-0.2, 0) is 16.0 Å². The highest BCUT2D eigenvalue weighted by Crippen LogP contribution is 2.31. The molecule has 3 aliphatic rings. The number of aliphatic imine (C=N–C) groups is 1. The fourth-order valence-corrected chi connectivity index (χ4v) is 5.65. The molecule has 7 nitrogen and oxygen atoms in total. The molecular weight excluding hydrogens is 469 g/mol. The molecule has 9 heteroatoms. The lowest BCUT2D eigenvalue weighted by Gasteiger charge is -2.25. The van der Waals surface area contributed by atoms with Crippen molar-refractivity contribution in [3.05, 3.63) is 59.4 Å². The van der Waals surface area contributed by atoms with Crippen LogP contribution in [-0.4, -0.2) is 72.3 Å². The summed E-state index contributed by atoms with van der Waals surface area (Å²) in [6.45, 7) is 3.71. The van der Waals surface area contributed by atoms with Crippen molar-refractivity contribution in [3.63, 3.8) is 0 Å². The average Bonchev–Trinajstić information content (AvgIpc) is 3.56. The summed E-state index contributed by atoms with van der Waals surface area (Å²) in [6, 6.07) is 10.9. The third-order valence-electron chi connectivity index (χ3n) is 6.37. The standard InChI is InChI=1S/C26H28FN3O4S/c27-19-6-4-18(5-7-19)26-29-21(16-35-26)24(31)25(32)28-20(15-30-9-1-2-10-30)13-17-3-8-22-23(14-17)34-12-11-33-22/h3-8,14,20-21H,1-2,9-13,15-16H2,(H,28,32). The number of nitrogens with zero attached hydrogens (tertiary/aromatic N) is 2. The number of ether oxygens (including phenoxy) is 2. The smallest absolute Gasteiger partial charge is 0.290 e. The second kappa shape index (κ2) is 10.8. The summed E-state index contributed by atoms with van der Waals surface area (Å²) in [5, 5.41) is 3.63. The summed E-state index contributed by atoms with van der Waals surface area (Å²) in [5.41, 5.74) is 1.76. The maximum atomic E-state index is 13.2. The van der Waals surface area contributed by atoms with Crippen LogP contribution in [0.4, 0.5) is 4.39 Å². The van der Waals surface area contributed by atoms with Crippen LogP contribution in [0, 0.1) is 5.82 Å². The van der Waals surface area contributed by atoms with E-state index in [0.29, 0.717) is 42.7 Å². The van der Waals surface area contributed by atoms with Crippen molar-refractivity contribution >= 4 is 28.5 Å². The van der Waals surface area contributed by atoms with Crippen LogP contribution in [0.2, 0.25) is 0 Å². The molecule has 0 spiro atoms. The maximum Gasteiger partial charge on any atom is 0.290 e. The minimum atomic E-state index is -0.734. The van der Waals surface area contributed by atoms with Crippen molar-refractivity contribution in [2.24, 2.45) is 4.99 Å². The quantitative estimate of drug-likeness (QED) is 0.565. The van der Waals surface area contributed by atoms with Crippen molar-refractivity contribution in [2.45, 2.75) is 31.3 Å². The second-order valence-electron chi connectivity index (χ2n) is 8.99. The Bertz CT molecular complexity index is 1120. The zero-order valence-corrected chi connectivity index (χ0v) is 20.2. The molecule has 1 N–H and O–H groups in total. The molecule has 184 valence electrons. The molecule has 1 amide bonds. The van der Waals surface area contributed by atoms with Gasteiger partial charge in [-0.15, -0.1) is 11.8 Å². The first kappa shape index (κ1) is 23.8. The van der Waals surface area contributed by atoms with E-state index in [2.05, 4.69) is 15.2 Å². The van der Waals surface area contributed by atoms with E-state index < -0.39 is 17.7 Å². The van der Waals surface area contributed by atoms with Crippen LogP contribution < -0.4 is 14.8 Å². The fraction of sp³-hybridized carbons (Fsp3) is 0.423. The zero-order chi connectivity index (χ0) is 24.2. The second-order valence-corrected chi connectivity index (χ2v) is 10.0. The molecule has 0 aliphatic carbocycles. The van der Waals surface area contributed by atoms with Gasteiger partial charge in [0, 0.05) is 23.9 Å². The topological polar surface area (TPSA) is 80.2 Å². The van der Waals surface area contributed by atoms with Gasteiger partial charge < -0.3 is 19.7 Å². The van der Waals surface area contributed by atoms with Crippen molar-refractivity contribution in [1.82, 2.24) is 10.2 Å². The first-order valence-corrected chi connectivity index (χ1v) is 13.0. The summed E-state index contributed by atoms with van der Waals surface area (Å²) in [7, 11) is 0. The van der Waals surface area contributed by atoms with E-state index in [4.69, 9.17) is 9.47 Å². The minimum Gasteiger partial charge on any atom is -0.486 e. The monoisotopic (exact) mass is 497 g/mol. The molecule has 3 aliphatic heterocycles. The Morgan fingerprint density at radius 2 is 1.83 bits per heavy atom. The molecule has 1 saturated heterocycles. The van der Waals surface area contributed by atoms with Gasteiger partial charge in [0.25, 0.3) is 5.91 Å². The Balaban J connectivity index is 1.26. The summed E-state index contributed by atoms with van der Waals surface area (Å²) < 4.78 is 24.5. The molecule has 5 rings (SSSR count). The number of hydrogen-bond acceptors (Lipinski definition) is 7. The first-order chi connectivity index (χ1) is 17.0. The lowest BCUT2D eigenvalue weighted by Crippen LogP contribution is -2.48. The van der Waals surface area contributed by atoms with Gasteiger partial charge >= 0.3 is 0 Å². The molecule has 2 atom stereocenters. The molecule has 0 bridgehead atoms. The number of carbonyl (C=O) groups is 2. The normalized spacial score (nSPS) is 20.4. The summed E-state index contributed by atoms with van der Waals surface area (Å²) in [5.74, 6) is 0.361. The summed E-state index contributed by atoms with van der Waals surface area (Å²) >= 11 is 1.41. The number of fused-ring (bicyclic) bond motifs is 1. The van der Waals surface area contributed by atoms with Gasteiger partial charge in [-0.25, -0.2) is 4.39 Å². The van der Waals surface area contributed by atoms with Gasteiger partial charge in [0.1, 0.15) is 25.1 Å². The number of rotatable bonds is 8. The van der Waals surface area contributed by atoms with Crippen LogP contribution >= 0.6 is 11.8 Å². The van der Waals surface area contributed by atoms with E-state index in [9.17, 15) is 14.0 Å². The first-order valence-electron chi connectivity index (χ1n) is 12.0. The number of amides is 1. The maximum absolute atomic E-state index is 13.2. The molecule has 2 aromatic carbocycles. The molecule has 1 fully saturated rings. The van der Waals surface area contributed by atoms with Crippen molar-refractivity contribution < 1.29 is 23.5 Å². The zero-order valence-electron chi connectivity index (χ0n) is 19.4.